The quantitative estimate of drug-likeness (QED) is 0.408. The normalized spacial score (nSPS) is 13.5. The van der Waals surface area contributed by atoms with Gasteiger partial charge in [0.25, 0.3) is 0 Å². The summed E-state index contributed by atoms with van der Waals surface area (Å²) < 4.78 is 0. The summed E-state index contributed by atoms with van der Waals surface area (Å²) in [5.74, 6) is 0. The molecule has 3 aromatic carbocycles. The third-order valence-electron chi connectivity index (χ3n) is 4.51. The van der Waals surface area contributed by atoms with Crippen molar-refractivity contribution in [2.24, 2.45) is 0 Å². The van der Waals surface area contributed by atoms with Gasteiger partial charge in [0.15, 0.2) is 0 Å². The van der Waals surface area contributed by atoms with E-state index in [0.717, 1.165) is 6.42 Å². The lowest BCUT2D eigenvalue weighted by molar-refractivity contribution is 1.09. The summed E-state index contributed by atoms with van der Waals surface area (Å²) in [5, 5.41) is 5.26. The van der Waals surface area contributed by atoms with Gasteiger partial charge in [0, 0.05) is 0 Å². The zero-order valence-electron chi connectivity index (χ0n) is 16.6. The summed E-state index contributed by atoms with van der Waals surface area (Å²) in [6, 6.07) is 17.7. The minimum atomic E-state index is 1.01. The Balaban J connectivity index is 0.000000659. The van der Waals surface area contributed by atoms with E-state index >= 15 is 0 Å². The molecule has 0 saturated heterocycles. The first kappa shape index (κ1) is 18.9. The molecular weight excluding hydrogens is 324 g/mol. The summed E-state index contributed by atoms with van der Waals surface area (Å²) in [4.78, 5) is 0. The zero-order chi connectivity index (χ0) is 19.1. The molecule has 0 aromatic heterocycles. The van der Waals surface area contributed by atoms with Gasteiger partial charge < -0.3 is 0 Å². The van der Waals surface area contributed by atoms with Gasteiger partial charge in [-0.25, -0.2) is 0 Å². The molecule has 0 spiro atoms. The largest absolute Gasteiger partial charge is 0.0807 e. The van der Waals surface area contributed by atoms with E-state index in [9.17, 15) is 0 Å². The molecule has 0 nitrogen and oxygen atoms in total. The van der Waals surface area contributed by atoms with Crippen LogP contribution in [-0.2, 0) is 0 Å². The molecule has 0 bridgehead atoms. The highest BCUT2D eigenvalue weighted by molar-refractivity contribution is 6.11. The summed E-state index contributed by atoms with van der Waals surface area (Å²) >= 11 is 0. The first-order chi connectivity index (χ1) is 13.2. The van der Waals surface area contributed by atoms with Crippen LogP contribution in [0.4, 0.5) is 0 Å². The van der Waals surface area contributed by atoms with Gasteiger partial charge in [0.1, 0.15) is 0 Å². The standard InChI is InChI=1S/C24H20.C3H8/c1-18-12-14-21-17-20(15-13-19-8-4-2-3-5-9-19)22-10-6-7-11-23(22)24(21)16-18;1-3-2/h2,4-17H,3H2,1H3;3H2,1-2H3/b15-13+;. The van der Waals surface area contributed by atoms with Crippen LogP contribution in [0.2, 0.25) is 0 Å². The molecule has 0 heteroatoms. The van der Waals surface area contributed by atoms with Crippen LogP contribution in [0.5, 0.6) is 0 Å². The van der Waals surface area contributed by atoms with E-state index in [-0.39, 0.29) is 0 Å². The van der Waals surface area contributed by atoms with E-state index in [1.165, 1.54) is 44.7 Å². The zero-order valence-corrected chi connectivity index (χ0v) is 16.6. The number of fused-ring (bicyclic) bond motifs is 3. The highest BCUT2D eigenvalue weighted by atomic mass is 14.1. The fraction of sp³-hybridized carbons (Fsp3) is 0.185. The van der Waals surface area contributed by atoms with Crippen molar-refractivity contribution in [3.05, 3.63) is 102 Å². The minimum Gasteiger partial charge on any atom is -0.0807 e. The molecule has 0 heterocycles. The Kier molecular flexibility index (Phi) is 6.44. The molecule has 4 rings (SSSR count). The SMILES string of the molecule is CCC.Cc1ccc2cc(/C=C/C3=CC=CCC=C3)c3ccccc3c2c1. The van der Waals surface area contributed by atoms with Crippen molar-refractivity contribution in [1.29, 1.82) is 0 Å². The van der Waals surface area contributed by atoms with E-state index in [1.807, 2.05) is 0 Å². The maximum Gasteiger partial charge on any atom is -0.00993 e. The van der Waals surface area contributed by atoms with Crippen LogP contribution in [-0.4, -0.2) is 0 Å². The Morgan fingerprint density at radius 2 is 1.63 bits per heavy atom. The second kappa shape index (κ2) is 9.19. The van der Waals surface area contributed by atoms with Crippen molar-refractivity contribution < 1.29 is 0 Å². The first-order valence-corrected chi connectivity index (χ1v) is 9.86. The van der Waals surface area contributed by atoms with Gasteiger partial charge in [-0.1, -0.05) is 111 Å². The molecule has 0 radical (unpaired) electrons. The van der Waals surface area contributed by atoms with Gasteiger partial charge in [-0.3, -0.25) is 0 Å². The van der Waals surface area contributed by atoms with Crippen molar-refractivity contribution in [2.75, 3.05) is 0 Å². The summed E-state index contributed by atoms with van der Waals surface area (Å²) in [6.07, 6.45) is 17.5. The molecule has 0 amide bonds. The van der Waals surface area contributed by atoms with Crippen molar-refractivity contribution in [2.45, 2.75) is 33.6 Å². The van der Waals surface area contributed by atoms with Gasteiger partial charge in [-0.15, -0.1) is 0 Å². The van der Waals surface area contributed by atoms with E-state index in [4.69, 9.17) is 0 Å². The van der Waals surface area contributed by atoms with Gasteiger partial charge in [0.2, 0.25) is 0 Å². The highest BCUT2D eigenvalue weighted by Gasteiger charge is 2.05. The second-order valence-corrected chi connectivity index (χ2v) is 7.01. The number of rotatable bonds is 2. The Morgan fingerprint density at radius 1 is 0.852 bits per heavy atom. The van der Waals surface area contributed by atoms with Crippen LogP contribution in [0.1, 0.15) is 37.8 Å². The van der Waals surface area contributed by atoms with Gasteiger partial charge in [-0.05, 0) is 52.1 Å². The van der Waals surface area contributed by atoms with Crippen molar-refractivity contribution in [1.82, 2.24) is 0 Å². The average molecular weight is 353 g/mol. The molecule has 3 aromatic rings. The molecule has 27 heavy (non-hydrogen) atoms. The number of benzene rings is 3. The Hall–Kier alpha value is -2.86. The molecule has 136 valence electrons. The number of hydrogen-bond donors (Lipinski definition) is 0. The predicted octanol–water partition coefficient (Wildman–Crippen LogP) is 8.17. The second-order valence-electron chi connectivity index (χ2n) is 7.01. The lowest BCUT2D eigenvalue weighted by Gasteiger charge is -2.09. The van der Waals surface area contributed by atoms with Crippen LogP contribution in [0.15, 0.2) is 90.6 Å². The van der Waals surface area contributed by atoms with Crippen LogP contribution < -0.4 is 0 Å². The Bertz CT molecular complexity index is 1040. The number of aryl methyl sites for hydroxylation is 1. The molecule has 1 aliphatic rings. The van der Waals surface area contributed by atoms with Crippen molar-refractivity contribution >= 4 is 27.6 Å². The molecule has 0 N–H and O–H groups in total. The third-order valence-corrected chi connectivity index (χ3v) is 4.51. The summed E-state index contributed by atoms with van der Waals surface area (Å²) in [7, 11) is 0. The molecular formula is C27H28. The molecule has 0 aliphatic heterocycles. The Morgan fingerprint density at radius 3 is 2.44 bits per heavy atom. The van der Waals surface area contributed by atoms with Crippen LogP contribution in [0.25, 0.3) is 27.6 Å². The van der Waals surface area contributed by atoms with Gasteiger partial charge >= 0.3 is 0 Å². The lowest BCUT2D eigenvalue weighted by atomic mass is 9.95. The molecule has 0 saturated carbocycles. The summed E-state index contributed by atoms with van der Waals surface area (Å²) in [5.41, 5.74) is 3.80. The predicted molar refractivity (Wildman–Crippen MR) is 122 cm³/mol. The molecule has 0 fully saturated rings. The van der Waals surface area contributed by atoms with E-state index in [1.54, 1.807) is 0 Å². The van der Waals surface area contributed by atoms with Crippen molar-refractivity contribution in [3.8, 4) is 0 Å². The average Bonchev–Trinajstić information content (AvgIpc) is 2.96. The minimum absolute atomic E-state index is 1.01. The number of hydrogen-bond acceptors (Lipinski definition) is 0. The maximum atomic E-state index is 2.30. The first-order valence-electron chi connectivity index (χ1n) is 9.86. The summed E-state index contributed by atoms with van der Waals surface area (Å²) in [6.45, 7) is 6.40. The molecule has 0 unspecified atom stereocenters. The fourth-order valence-electron chi connectivity index (χ4n) is 3.28. The van der Waals surface area contributed by atoms with E-state index < -0.39 is 0 Å². The van der Waals surface area contributed by atoms with Crippen LogP contribution >= 0.6 is 0 Å². The smallest absolute Gasteiger partial charge is 0.00993 e. The highest BCUT2D eigenvalue weighted by Crippen LogP contribution is 2.30. The van der Waals surface area contributed by atoms with E-state index in [0.29, 0.717) is 0 Å². The fourth-order valence-corrected chi connectivity index (χ4v) is 3.28. The van der Waals surface area contributed by atoms with Crippen LogP contribution in [0.3, 0.4) is 0 Å². The molecule has 1 aliphatic carbocycles. The Labute approximate surface area is 163 Å². The van der Waals surface area contributed by atoms with Gasteiger partial charge in [0.05, 0.1) is 0 Å². The maximum absolute atomic E-state index is 2.30. The monoisotopic (exact) mass is 352 g/mol. The third kappa shape index (κ3) is 4.65. The van der Waals surface area contributed by atoms with Gasteiger partial charge in [-0.2, -0.15) is 0 Å². The topological polar surface area (TPSA) is 0 Å². The molecule has 0 atom stereocenters. The number of allylic oxidation sites excluding steroid dienone is 7. The van der Waals surface area contributed by atoms with E-state index in [2.05, 4.69) is 112 Å². The van der Waals surface area contributed by atoms with Crippen molar-refractivity contribution in [3.63, 3.8) is 0 Å². The van der Waals surface area contributed by atoms with Crippen LogP contribution in [0, 0.1) is 6.92 Å². The lowest BCUT2D eigenvalue weighted by Crippen LogP contribution is -1.84.